The molecule has 0 fully saturated rings. The molecule has 2 rings (SSSR count). The molecule has 0 radical (unpaired) electrons. The summed E-state index contributed by atoms with van der Waals surface area (Å²) in [6.07, 6.45) is 0. The van der Waals surface area contributed by atoms with Gasteiger partial charge < -0.3 is 4.57 Å². The van der Waals surface area contributed by atoms with Crippen molar-refractivity contribution in [3.8, 4) is 0 Å². The molecule has 0 N–H and O–H groups in total. The molecule has 0 aliphatic heterocycles. The van der Waals surface area contributed by atoms with Crippen LogP contribution in [-0.2, 0) is 6.54 Å². The topological polar surface area (TPSA) is 4.93 Å². The summed E-state index contributed by atoms with van der Waals surface area (Å²) in [7, 11) is 1.21. The minimum atomic E-state index is 0. The Morgan fingerprint density at radius 1 is 1.27 bits per heavy atom. The van der Waals surface area contributed by atoms with Crippen molar-refractivity contribution in [2.45, 2.75) is 27.3 Å². The van der Waals surface area contributed by atoms with Gasteiger partial charge in [0.15, 0.2) is 0 Å². The summed E-state index contributed by atoms with van der Waals surface area (Å²) >= 11 is 0. The minimum Gasteiger partial charge on any atom is -0.459 e. The monoisotopic (exact) mass is 211 g/mol. The molecular formula is C12H15LiNP. The smallest absolute Gasteiger partial charge is 0.459 e. The molecule has 1 aromatic carbocycles. The third kappa shape index (κ3) is 3.12. The van der Waals surface area contributed by atoms with Crippen molar-refractivity contribution in [1.29, 1.82) is 0 Å². The molecule has 0 amide bonds. The second-order valence-corrected chi connectivity index (χ2v) is 5.75. The maximum atomic E-state index is 3.38. The summed E-state index contributed by atoms with van der Waals surface area (Å²) in [5, 5.41) is 1.37. The van der Waals surface area contributed by atoms with Gasteiger partial charge in [-0.1, -0.05) is 38.8 Å². The molecule has 3 heteroatoms. The minimum absolute atomic E-state index is 0. The van der Waals surface area contributed by atoms with E-state index in [1.54, 1.807) is 0 Å². The van der Waals surface area contributed by atoms with E-state index >= 15 is 0 Å². The first-order valence-corrected chi connectivity index (χ1v) is 5.79. The molecule has 0 saturated heterocycles. The Morgan fingerprint density at radius 2 is 1.93 bits per heavy atom. The van der Waals surface area contributed by atoms with Gasteiger partial charge in [-0.3, -0.25) is 0 Å². The van der Waals surface area contributed by atoms with Crippen LogP contribution in [0, 0.1) is 11.3 Å². The largest absolute Gasteiger partial charge is 1.00 e. The third-order valence-corrected chi connectivity index (χ3v) is 3.06. The van der Waals surface area contributed by atoms with Crippen molar-refractivity contribution >= 4 is 18.8 Å². The van der Waals surface area contributed by atoms with Crippen molar-refractivity contribution in [3.63, 3.8) is 0 Å². The summed E-state index contributed by atoms with van der Waals surface area (Å²) in [6, 6.07) is 8.53. The normalized spacial score (nSPS) is 11.9. The average Bonchev–Trinajstić information content (AvgIpc) is 2.47. The quantitative estimate of drug-likeness (QED) is 0.491. The second-order valence-electron chi connectivity index (χ2n) is 4.85. The van der Waals surface area contributed by atoms with Gasteiger partial charge in [0.05, 0.1) is 0 Å². The molecule has 0 bridgehead atoms. The van der Waals surface area contributed by atoms with E-state index in [0.29, 0.717) is 5.41 Å². The number of para-hydroxylation sites is 1. The maximum absolute atomic E-state index is 3.38. The number of hydrogen-bond acceptors (Lipinski definition) is 0. The van der Waals surface area contributed by atoms with Gasteiger partial charge in [-0.15, -0.1) is 22.8 Å². The Labute approximate surface area is 105 Å². The van der Waals surface area contributed by atoms with E-state index in [1.807, 2.05) is 0 Å². The van der Waals surface area contributed by atoms with Crippen LogP contribution in [0.2, 0.25) is 0 Å². The molecule has 2 aromatic rings. The Morgan fingerprint density at radius 3 is 2.60 bits per heavy atom. The van der Waals surface area contributed by atoms with E-state index in [4.69, 9.17) is 0 Å². The molecule has 0 spiro atoms. The molecule has 0 aliphatic carbocycles. The fourth-order valence-electron chi connectivity index (χ4n) is 1.55. The number of nitrogens with zero attached hydrogens (tertiary/aromatic N) is 1. The van der Waals surface area contributed by atoms with Gasteiger partial charge in [0, 0.05) is 6.54 Å². The Kier molecular flexibility index (Phi) is 4.07. The van der Waals surface area contributed by atoms with Crippen LogP contribution < -0.4 is 18.9 Å². The van der Waals surface area contributed by atoms with Gasteiger partial charge in [0.2, 0.25) is 0 Å². The predicted octanol–water partition coefficient (Wildman–Crippen LogP) is 1.07. The summed E-state index contributed by atoms with van der Waals surface area (Å²) < 4.78 is 2.25. The van der Waals surface area contributed by atoms with Crippen molar-refractivity contribution < 1.29 is 18.9 Å². The molecule has 0 atom stereocenters. The number of hydrogen-bond donors (Lipinski definition) is 0. The Bertz CT molecular complexity index is 442. The first-order chi connectivity index (χ1) is 6.56. The molecular weight excluding hydrogens is 196 g/mol. The van der Waals surface area contributed by atoms with E-state index < -0.39 is 0 Å². The van der Waals surface area contributed by atoms with Gasteiger partial charge in [-0.2, -0.15) is 0 Å². The van der Waals surface area contributed by atoms with Crippen LogP contribution in [0.4, 0.5) is 0 Å². The zero-order valence-corrected chi connectivity index (χ0v) is 10.8. The van der Waals surface area contributed by atoms with E-state index in [0.717, 1.165) is 6.54 Å². The van der Waals surface area contributed by atoms with E-state index in [2.05, 4.69) is 55.5 Å². The molecule has 74 valence electrons. The summed E-state index contributed by atoms with van der Waals surface area (Å²) in [6.45, 7) is 7.81. The molecule has 0 unspecified atom stereocenters. The third-order valence-electron chi connectivity index (χ3n) is 2.10. The van der Waals surface area contributed by atoms with Gasteiger partial charge in [-0.25, -0.2) is 8.19 Å². The summed E-state index contributed by atoms with van der Waals surface area (Å²) in [5.74, 6) is 3.38. The predicted molar refractivity (Wildman–Crippen MR) is 62.7 cm³/mol. The molecule has 1 nitrogen and oxygen atoms in total. The van der Waals surface area contributed by atoms with Crippen LogP contribution >= 0.6 is 8.19 Å². The SMILES string of the molecule is CC(C)(C)Cn1[c-]pc2ccccc21.[Li+]. The van der Waals surface area contributed by atoms with Gasteiger partial charge in [0.1, 0.15) is 0 Å². The number of rotatable bonds is 1. The fourth-order valence-corrected chi connectivity index (χ4v) is 2.43. The van der Waals surface area contributed by atoms with Gasteiger partial charge >= 0.3 is 18.9 Å². The second kappa shape index (κ2) is 4.75. The van der Waals surface area contributed by atoms with Crippen molar-refractivity contribution in [1.82, 2.24) is 4.57 Å². The van der Waals surface area contributed by atoms with Crippen LogP contribution in [0.1, 0.15) is 20.8 Å². The number of fused-ring (bicyclic) bond motifs is 1. The first kappa shape index (κ1) is 12.9. The van der Waals surface area contributed by atoms with Crippen LogP contribution in [0.25, 0.3) is 10.6 Å². The van der Waals surface area contributed by atoms with Gasteiger partial charge in [-0.05, 0) is 5.41 Å². The van der Waals surface area contributed by atoms with E-state index in [-0.39, 0.29) is 18.9 Å². The van der Waals surface area contributed by atoms with Crippen LogP contribution in [-0.4, -0.2) is 4.57 Å². The van der Waals surface area contributed by atoms with Crippen molar-refractivity contribution in [2.24, 2.45) is 5.41 Å². The summed E-state index contributed by atoms with van der Waals surface area (Å²) in [5.41, 5.74) is 1.64. The molecule has 1 aromatic heterocycles. The molecule has 0 aliphatic rings. The zero-order valence-electron chi connectivity index (χ0n) is 9.91. The van der Waals surface area contributed by atoms with Crippen molar-refractivity contribution in [2.75, 3.05) is 0 Å². The van der Waals surface area contributed by atoms with Crippen LogP contribution in [0.15, 0.2) is 24.3 Å². The van der Waals surface area contributed by atoms with Gasteiger partial charge in [0.25, 0.3) is 0 Å². The Balaban J connectivity index is 0.00000112. The fraction of sp³-hybridized carbons (Fsp3) is 0.417. The number of aromatic nitrogens is 1. The molecule has 0 saturated carbocycles. The average molecular weight is 211 g/mol. The van der Waals surface area contributed by atoms with Crippen LogP contribution in [0.3, 0.4) is 0 Å². The zero-order chi connectivity index (χ0) is 10.2. The molecule has 15 heavy (non-hydrogen) atoms. The first-order valence-electron chi connectivity index (χ1n) is 4.89. The number of benzene rings is 1. The summed E-state index contributed by atoms with van der Waals surface area (Å²) in [4.78, 5) is 0. The maximum Gasteiger partial charge on any atom is 1.00 e. The Hall–Kier alpha value is -0.213. The van der Waals surface area contributed by atoms with E-state index in [1.165, 1.54) is 18.8 Å². The van der Waals surface area contributed by atoms with E-state index in [9.17, 15) is 0 Å². The molecule has 1 heterocycles. The van der Waals surface area contributed by atoms with Crippen LogP contribution in [0.5, 0.6) is 0 Å². The van der Waals surface area contributed by atoms with Crippen molar-refractivity contribution in [3.05, 3.63) is 30.2 Å². The standard InChI is InChI=1S/C12H15NP.Li/c1-12(2,3)8-13-9-14-11-7-5-4-6-10(11)13;/h4-7H,8H2,1-3H3;/q-1;+1.